The van der Waals surface area contributed by atoms with Gasteiger partial charge in [-0.15, -0.1) is 0 Å². The van der Waals surface area contributed by atoms with Crippen LogP contribution in [0.2, 0.25) is 0 Å². The highest BCUT2D eigenvalue weighted by Gasteiger charge is 2.14. The van der Waals surface area contributed by atoms with Crippen LogP contribution in [0.25, 0.3) is 11.3 Å². The summed E-state index contributed by atoms with van der Waals surface area (Å²) in [6.45, 7) is 16.4. The van der Waals surface area contributed by atoms with Gasteiger partial charge in [-0.25, -0.2) is 4.98 Å². The maximum Gasteiger partial charge on any atom is 0.135 e. The Hall–Kier alpha value is -3.14. The van der Waals surface area contributed by atoms with E-state index >= 15 is 0 Å². The summed E-state index contributed by atoms with van der Waals surface area (Å²) in [7, 11) is 0. The fourth-order valence-electron chi connectivity index (χ4n) is 3.47. The summed E-state index contributed by atoms with van der Waals surface area (Å²) >= 11 is 0. The second-order valence-electron chi connectivity index (χ2n) is 8.24. The Morgan fingerprint density at radius 1 is 1.19 bits per heavy atom. The van der Waals surface area contributed by atoms with Gasteiger partial charge < -0.3 is 16.0 Å². The number of aromatic nitrogens is 1. The summed E-state index contributed by atoms with van der Waals surface area (Å²) < 4.78 is 0. The number of hydrogen-bond donors (Lipinski definition) is 3. The van der Waals surface area contributed by atoms with Crippen LogP contribution in [0, 0.1) is 5.41 Å². The van der Waals surface area contributed by atoms with Gasteiger partial charge in [0.15, 0.2) is 0 Å². The number of hydrogen-bond acceptors (Lipinski definition) is 4. The molecule has 2 aromatic rings. The number of rotatable bonds is 10. The number of pyridine rings is 1. The lowest BCUT2D eigenvalue weighted by atomic mass is 9.96. The van der Waals surface area contributed by atoms with E-state index in [-0.39, 0.29) is 6.04 Å². The van der Waals surface area contributed by atoms with E-state index < -0.39 is 0 Å². The molecule has 31 heavy (non-hydrogen) atoms. The first-order valence-corrected chi connectivity index (χ1v) is 10.9. The third-order valence-corrected chi connectivity index (χ3v) is 5.24. The summed E-state index contributed by atoms with van der Waals surface area (Å²) in [5.41, 5.74) is 8.78. The molecule has 1 aromatic heterocycles. The minimum atomic E-state index is 0.227. The van der Waals surface area contributed by atoms with Gasteiger partial charge in [-0.2, -0.15) is 0 Å². The summed E-state index contributed by atoms with van der Waals surface area (Å²) in [6, 6.07) is 10.9. The molecule has 1 aromatic carbocycles. The quantitative estimate of drug-likeness (QED) is 0.300. The van der Waals surface area contributed by atoms with Crippen LogP contribution >= 0.6 is 0 Å². The van der Waals surface area contributed by atoms with Crippen molar-refractivity contribution in [1.29, 1.82) is 5.41 Å². The number of allylic oxidation sites excluding steroid dienone is 4. The van der Waals surface area contributed by atoms with Crippen LogP contribution in [0.4, 0.5) is 5.82 Å². The highest BCUT2D eigenvalue weighted by molar-refractivity contribution is 5.88. The molecule has 0 aliphatic rings. The van der Waals surface area contributed by atoms with Gasteiger partial charge in [0, 0.05) is 29.1 Å². The van der Waals surface area contributed by atoms with Crippen molar-refractivity contribution in [3.8, 4) is 11.3 Å². The van der Waals surface area contributed by atoms with Crippen molar-refractivity contribution in [2.75, 3.05) is 5.32 Å². The van der Waals surface area contributed by atoms with Crippen molar-refractivity contribution in [2.45, 2.75) is 60.4 Å². The van der Waals surface area contributed by atoms with Crippen LogP contribution in [0.3, 0.4) is 0 Å². The van der Waals surface area contributed by atoms with Crippen molar-refractivity contribution < 1.29 is 0 Å². The molecule has 4 nitrogen and oxygen atoms in total. The molecular formula is C27H36N4. The molecule has 4 heteroatoms. The highest BCUT2D eigenvalue weighted by atomic mass is 15.0. The van der Waals surface area contributed by atoms with E-state index in [4.69, 9.17) is 10.4 Å². The Balaban J connectivity index is 2.59. The van der Waals surface area contributed by atoms with Gasteiger partial charge in [0.05, 0.1) is 5.69 Å². The molecule has 1 heterocycles. The Kier molecular flexibility index (Phi) is 8.80. The summed E-state index contributed by atoms with van der Waals surface area (Å²) in [5.74, 6) is 0.768. The van der Waals surface area contributed by atoms with E-state index in [0.717, 1.165) is 46.7 Å². The van der Waals surface area contributed by atoms with Gasteiger partial charge >= 0.3 is 0 Å². The fourth-order valence-corrected chi connectivity index (χ4v) is 3.47. The fraction of sp³-hybridized carbons (Fsp3) is 0.333. The van der Waals surface area contributed by atoms with E-state index in [1.807, 2.05) is 6.92 Å². The van der Waals surface area contributed by atoms with Crippen molar-refractivity contribution in [1.82, 2.24) is 10.3 Å². The van der Waals surface area contributed by atoms with E-state index in [0.29, 0.717) is 0 Å². The average molecular weight is 417 g/mol. The molecule has 0 bridgehead atoms. The molecule has 0 atom stereocenters. The third-order valence-electron chi connectivity index (χ3n) is 5.24. The number of nitrogens with one attached hydrogen (secondary N) is 3. The zero-order valence-corrected chi connectivity index (χ0v) is 19.8. The molecule has 0 fully saturated rings. The van der Waals surface area contributed by atoms with Gasteiger partial charge in [0.1, 0.15) is 5.82 Å². The lowest BCUT2D eigenvalue weighted by Crippen LogP contribution is -2.15. The predicted octanol–water partition coefficient (Wildman–Crippen LogP) is 6.64. The lowest BCUT2D eigenvalue weighted by Gasteiger charge is -2.18. The summed E-state index contributed by atoms with van der Waals surface area (Å²) in [6.07, 6.45) is 6.97. The Labute approximate surface area is 187 Å². The van der Waals surface area contributed by atoms with Gasteiger partial charge in [0.2, 0.25) is 0 Å². The van der Waals surface area contributed by atoms with E-state index in [1.165, 1.54) is 22.9 Å². The first-order valence-electron chi connectivity index (χ1n) is 10.9. The standard InChI is InChI=1S/C27H36N4/c1-8-22-11-10-12-23(15-22)26-16-24(25(17-28)27(31-26)30-18(3)4)14-20(6)19(5)13-21(7)29-9-2/h9-13,15-18,28-29H,2,8,14H2,1,3-7H3,(H,30,31)/b20-19+,21-13-,28-17?. The first-order chi connectivity index (χ1) is 14.8. The smallest absolute Gasteiger partial charge is 0.135 e. The largest absolute Gasteiger partial charge is 0.367 e. The second-order valence-corrected chi connectivity index (χ2v) is 8.24. The zero-order valence-electron chi connectivity index (χ0n) is 19.8. The molecule has 0 amide bonds. The summed E-state index contributed by atoms with van der Waals surface area (Å²) in [5, 5.41) is 14.6. The van der Waals surface area contributed by atoms with Crippen molar-refractivity contribution in [3.63, 3.8) is 0 Å². The zero-order chi connectivity index (χ0) is 23.0. The van der Waals surface area contributed by atoms with E-state index in [9.17, 15) is 0 Å². The molecule has 0 saturated heterocycles. The molecule has 3 N–H and O–H groups in total. The monoisotopic (exact) mass is 416 g/mol. The molecule has 0 radical (unpaired) electrons. The summed E-state index contributed by atoms with van der Waals surface area (Å²) in [4.78, 5) is 4.90. The molecule has 164 valence electrons. The third kappa shape index (κ3) is 6.68. The number of benzene rings is 1. The van der Waals surface area contributed by atoms with Gasteiger partial charge in [0.25, 0.3) is 0 Å². The normalized spacial score (nSPS) is 12.4. The number of aryl methyl sites for hydroxylation is 1. The van der Waals surface area contributed by atoms with Gasteiger partial charge in [-0.05, 0) is 83.0 Å². The van der Waals surface area contributed by atoms with Crippen LogP contribution in [-0.4, -0.2) is 17.2 Å². The van der Waals surface area contributed by atoms with Crippen LogP contribution in [-0.2, 0) is 12.8 Å². The van der Waals surface area contributed by atoms with Gasteiger partial charge in [-0.1, -0.05) is 42.8 Å². The molecule has 0 aliphatic heterocycles. The Morgan fingerprint density at radius 2 is 1.94 bits per heavy atom. The molecule has 0 saturated carbocycles. The lowest BCUT2D eigenvalue weighted by molar-refractivity contribution is 0.887. The molecule has 0 spiro atoms. The van der Waals surface area contributed by atoms with Crippen LogP contribution < -0.4 is 10.6 Å². The average Bonchev–Trinajstić information content (AvgIpc) is 2.73. The predicted molar refractivity (Wildman–Crippen MR) is 135 cm³/mol. The number of anilines is 1. The van der Waals surface area contributed by atoms with Crippen LogP contribution in [0.15, 0.2) is 66.0 Å². The van der Waals surface area contributed by atoms with Crippen LogP contribution in [0.1, 0.15) is 58.2 Å². The maximum absolute atomic E-state index is 8.07. The molecule has 0 unspecified atom stereocenters. The van der Waals surface area contributed by atoms with Crippen molar-refractivity contribution >= 4 is 12.0 Å². The molecular weight excluding hydrogens is 380 g/mol. The van der Waals surface area contributed by atoms with Crippen molar-refractivity contribution in [2.24, 2.45) is 0 Å². The molecule has 0 aliphatic carbocycles. The minimum Gasteiger partial charge on any atom is -0.367 e. The first kappa shape index (κ1) is 24.1. The molecule has 2 rings (SSSR count). The highest BCUT2D eigenvalue weighted by Crippen LogP contribution is 2.28. The van der Waals surface area contributed by atoms with E-state index in [1.54, 1.807) is 6.20 Å². The van der Waals surface area contributed by atoms with E-state index in [2.05, 4.69) is 88.2 Å². The topological polar surface area (TPSA) is 60.8 Å². The van der Waals surface area contributed by atoms with Crippen molar-refractivity contribution in [3.05, 3.63) is 82.7 Å². The maximum atomic E-state index is 8.07. The Bertz CT molecular complexity index is 996. The second kappa shape index (κ2) is 11.3. The Morgan fingerprint density at radius 3 is 2.55 bits per heavy atom. The number of nitrogens with zero attached hydrogens (tertiary/aromatic N) is 1. The van der Waals surface area contributed by atoms with Crippen LogP contribution in [0.5, 0.6) is 0 Å². The SMILES string of the molecule is C=CN/C(C)=C\C(C)=C(/C)Cc1cc(-c2cccc(CC)c2)nc(NC(C)C)c1C=N. The van der Waals surface area contributed by atoms with Gasteiger partial charge in [-0.3, -0.25) is 0 Å². The minimum absolute atomic E-state index is 0.227.